The monoisotopic (exact) mass is 1010 g/mol. The number of furan rings is 1. The Morgan fingerprint density at radius 1 is 0.395 bits per heavy atom. The van der Waals surface area contributed by atoms with E-state index in [0.29, 0.717) is 15.6 Å². The van der Waals surface area contributed by atoms with E-state index in [4.69, 9.17) is 37.6 Å². The van der Waals surface area contributed by atoms with Crippen LogP contribution < -0.4 is 0 Å². The number of benzene rings is 11. The first-order chi connectivity index (χ1) is 37.6. The van der Waals surface area contributed by atoms with Crippen LogP contribution in [0.25, 0.3) is 149 Å². The lowest BCUT2D eigenvalue weighted by Gasteiger charge is -2.20. The molecule has 0 unspecified atom stereocenters. The van der Waals surface area contributed by atoms with E-state index >= 15 is 0 Å². The Labute approximate surface area is 441 Å². The van der Waals surface area contributed by atoms with Crippen molar-refractivity contribution in [3.63, 3.8) is 0 Å². The van der Waals surface area contributed by atoms with E-state index in [-0.39, 0.29) is 0 Å². The lowest BCUT2D eigenvalue weighted by molar-refractivity contribution is 0.668. The topological polar surface area (TPSA) is 62.5 Å². The average molecular weight is 1010 g/mol. The SMILES string of the molecule is Clc1c(-n2c3cccc4c(-c5ccc(Cl)c6c5nc5n(-c7ccccc7)c7ccc8c9c(ccc(c97)n65)CC8)ccc(c43)n3c4c(ccc5c6ccccc6n(-c6ccccc6)c54)nc23)ccc2c1oc1ccccc12. The number of aromatic nitrogens is 7. The zero-order chi connectivity index (χ0) is 49.7. The molecule has 8 nitrogen and oxygen atoms in total. The quantitative estimate of drug-likeness (QED) is 0.176. The van der Waals surface area contributed by atoms with Crippen LogP contribution in [0.3, 0.4) is 0 Å². The van der Waals surface area contributed by atoms with Crippen LogP contribution in [0.1, 0.15) is 11.1 Å². The molecule has 0 fully saturated rings. The molecule has 6 heterocycles. The van der Waals surface area contributed by atoms with Crippen LogP contribution >= 0.6 is 23.2 Å². The second-order valence-electron chi connectivity index (χ2n) is 20.3. The van der Waals surface area contributed by atoms with Crippen LogP contribution in [0, 0.1) is 0 Å². The van der Waals surface area contributed by atoms with Crippen molar-refractivity contribution in [3.05, 3.63) is 221 Å². The molecule has 10 heteroatoms. The minimum Gasteiger partial charge on any atom is -0.454 e. The van der Waals surface area contributed by atoms with Crippen LogP contribution in [-0.2, 0) is 12.8 Å². The highest BCUT2D eigenvalue weighted by Gasteiger charge is 2.29. The van der Waals surface area contributed by atoms with E-state index in [0.717, 1.165) is 140 Å². The molecule has 6 aromatic heterocycles. The summed E-state index contributed by atoms with van der Waals surface area (Å²) < 4.78 is 18.2. The van der Waals surface area contributed by atoms with E-state index < -0.39 is 0 Å². The van der Waals surface area contributed by atoms with Gasteiger partial charge in [0.05, 0.1) is 60.4 Å². The molecule has 0 N–H and O–H groups in total. The number of imidazole rings is 2. The second-order valence-corrected chi connectivity index (χ2v) is 21.0. The van der Waals surface area contributed by atoms with Gasteiger partial charge in [0.15, 0.2) is 5.58 Å². The third-order valence-corrected chi connectivity index (χ3v) is 17.2. The Kier molecular flexibility index (Phi) is 7.94. The summed E-state index contributed by atoms with van der Waals surface area (Å²) in [6.45, 7) is 0. The van der Waals surface area contributed by atoms with Crippen molar-refractivity contribution in [1.82, 2.24) is 32.5 Å². The zero-order valence-electron chi connectivity index (χ0n) is 40.3. The molecule has 0 radical (unpaired) electrons. The minimum absolute atomic E-state index is 0.504. The van der Waals surface area contributed by atoms with Gasteiger partial charge < -0.3 is 8.98 Å². The van der Waals surface area contributed by atoms with E-state index in [2.05, 4.69) is 198 Å². The fourth-order valence-electron chi connectivity index (χ4n) is 13.4. The van der Waals surface area contributed by atoms with E-state index in [1.807, 2.05) is 24.3 Å². The minimum atomic E-state index is 0.504. The highest BCUT2D eigenvalue weighted by Crippen LogP contribution is 2.47. The van der Waals surface area contributed by atoms with Crippen molar-refractivity contribution in [2.45, 2.75) is 12.8 Å². The number of rotatable bonds is 4. The number of fused-ring (bicyclic) bond motifs is 15. The molecule has 0 saturated carbocycles. The maximum absolute atomic E-state index is 7.72. The molecule has 76 heavy (non-hydrogen) atoms. The number of hydrogen-bond acceptors (Lipinski definition) is 3. The third-order valence-electron chi connectivity index (χ3n) is 16.5. The number of hydrogen-bond donors (Lipinski definition) is 0. The lowest BCUT2D eigenvalue weighted by atomic mass is 9.95. The van der Waals surface area contributed by atoms with Gasteiger partial charge in [0.25, 0.3) is 0 Å². The first-order valence-corrected chi connectivity index (χ1v) is 26.4. The van der Waals surface area contributed by atoms with Crippen molar-refractivity contribution in [3.8, 4) is 28.2 Å². The molecule has 11 aromatic carbocycles. The molecule has 17 aromatic rings. The number of nitrogens with zero attached hydrogens (tertiary/aromatic N) is 7. The molecule has 0 aliphatic heterocycles. The highest BCUT2D eigenvalue weighted by atomic mass is 35.5. The predicted molar refractivity (Wildman–Crippen MR) is 312 cm³/mol. The largest absolute Gasteiger partial charge is 0.454 e. The van der Waals surface area contributed by atoms with Crippen LogP contribution in [-0.4, -0.2) is 32.5 Å². The Bertz CT molecular complexity index is 5430. The normalized spacial score (nSPS) is 13.0. The fraction of sp³-hybridized carbons (Fsp3) is 0.0303. The van der Waals surface area contributed by atoms with Gasteiger partial charge in [-0.1, -0.05) is 132 Å². The van der Waals surface area contributed by atoms with Crippen LogP contribution in [0.15, 0.2) is 205 Å². The molecule has 0 bridgehead atoms. The smallest absolute Gasteiger partial charge is 0.220 e. The van der Waals surface area contributed by atoms with Gasteiger partial charge in [-0.05, 0) is 131 Å². The standard InChI is InChI=1S/C66H37Cl2N7O/c67-47-30-26-44(60-62(47)74-53-33-25-37-23-22-36-24-32-52(58(53)56(36)37)72(66(74)70-60)39-14-5-2-6-15-39)40-28-34-51-57-43(40)18-11-20-50(57)73(54-35-29-46-42-17-8-10-21-55(42)76-64(46)59(54)68)65-69-48-31-27-45-41-16-7-9-19-49(41)71(38-12-3-1-4-13-38)61(45)63(48)75(51)65/h1-21,24-35H,22-23H2. The number of halogens is 2. The first kappa shape index (κ1) is 41.1. The fourth-order valence-corrected chi connectivity index (χ4v) is 13.9. The van der Waals surface area contributed by atoms with Crippen molar-refractivity contribution in [1.29, 1.82) is 0 Å². The Balaban J connectivity index is 1.00. The summed E-state index contributed by atoms with van der Waals surface area (Å²) in [6.07, 6.45) is 2.06. The van der Waals surface area contributed by atoms with Gasteiger partial charge >= 0.3 is 0 Å². The molecule has 0 amide bonds. The summed E-state index contributed by atoms with van der Waals surface area (Å²) in [5, 5.41) is 10.1. The van der Waals surface area contributed by atoms with Crippen molar-refractivity contribution >= 4 is 144 Å². The van der Waals surface area contributed by atoms with Crippen molar-refractivity contribution < 1.29 is 4.42 Å². The van der Waals surface area contributed by atoms with Crippen LogP contribution in [0.5, 0.6) is 0 Å². The first-order valence-electron chi connectivity index (χ1n) is 25.7. The summed E-state index contributed by atoms with van der Waals surface area (Å²) in [5.41, 5.74) is 18.9. The van der Waals surface area contributed by atoms with Crippen molar-refractivity contribution in [2.24, 2.45) is 0 Å². The number of para-hydroxylation sites is 4. The average Bonchev–Trinajstić information content (AvgIpc) is 4.48. The molecule has 356 valence electrons. The summed E-state index contributed by atoms with van der Waals surface area (Å²) >= 11 is 15.2. The lowest BCUT2D eigenvalue weighted by Crippen LogP contribution is -2.07. The molecule has 0 spiro atoms. The summed E-state index contributed by atoms with van der Waals surface area (Å²) in [7, 11) is 0. The van der Waals surface area contributed by atoms with Crippen LogP contribution in [0.2, 0.25) is 10.0 Å². The number of aryl methyl sites for hydroxylation is 2. The summed E-state index contributed by atoms with van der Waals surface area (Å²) in [5.74, 6) is 1.51. The van der Waals surface area contributed by atoms with Gasteiger partial charge in [-0.2, -0.15) is 0 Å². The molecule has 1 aliphatic carbocycles. The maximum Gasteiger partial charge on any atom is 0.220 e. The van der Waals surface area contributed by atoms with Gasteiger partial charge in [0.2, 0.25) is 11.6 Å². The zero-order valence-corrected chi connectivity index (χ0v) is 41.8. The van der Waals surface area contributed by atoms with Gasteiger partial charge in [0, 0.05) is 49.3 Å². The third kappa shape index (κ3) is 5.15. The summed E-state index contributed by atoms with van der Waals surface area (Å²) in [4.78, 5) is 11.3. The molecular weight excluding hydrogens is 978 g/mol. The van der Waals surface area contributed by atoms with Gasteiger partial charge in [-0.15, -0.1) is 0 Å². The molecule has 1 aliphatic rings. The Morgan fingerprint density at radius 2 is 1.03 bits per heavy atom. The Hall–Kier alpha value is -9.34. The summed E-state index contributed by atoms with van der Waals surface area (Å²) in [6, 6.07) is 71.1. The van der Waals surface area contributed by atoms with E-state index in [1.54, 1.807) is 0 Å². The van der Waals surface area contributed by atoms with E-state index in [9.17, 15) is 0 Å². The van der Waals surface area contributed by atoms with Gasteiger partial charge in [-0.3, -0.25) is 17.9 Å². The second kappa shape index (κ2) is 14.7. The maximum atomic E-state index is 7.72. The van der Waals surface area contributed by atoms with E-state index in [1.165, 1.54) is 27.3 Å². The van der Waals surface area contributed by atoms with Crippen LogP contribution in [0.4, 0.5) is 0 Å². The molecule has 18 rings (SSSR count). The Morgan fingerprint density at radius 3 is 1.86 bits per heavy atom. The molecular formula is C66H37Cl2N7O. The molecule has 0 atom stereocenters. The highest BCUT2D eigenvalue weighted by molar-refractivity contribution is 6.38. The molecule has 0 saturated heterocycles. The predicted octanol–water partition coefficient (Wildman–Crippen LogP) is 17.6. The van der Waals surface area contributed by atoms with Gasteiger partial charge in [0.1, 0.15) is 16.1 Å². The van der Waals surface area contributed by atoms with Gasteiger partial charge in [-0.25, -0.2) is 9.97 Å². The van der Waals surface area contributed by atoms with Crippen molar-refractivity contribution in [2.75, 3.05) is 0 Å².